The lowest BCUT2D eigenvalue weighted by Gasteiger charge is -2.26. The van der Waals surface area contributed by atoms with Gasteiger partial charge in [-0.05, 0) is 30.3 Å². The number of carbonyl (C=O) groups excluding carboxylic acids is 1. The molecule has 3 aromatic rings. The maximum atomic E-state index is 13.2. The molecule has 0 atom stereocenters. The molecule has 33 heavy (non-hydrogen) atoms. The van der Waals surface area contributed by atoms with Crippen LogP contribution in [0.1, 0.15) is 10.5 Å². The second-order valence-corrected chi connectivity index (χ2v) is 7.96. The summed E-state index contributed by atoms with van der Waals surface area (Å²) < 4.78 is 17.8. The number of nitrogens with zero attached hydrogens (tertiary/aromatic N) is 3. The Morgan fingerprint density at radius 3 is 2.64 bits per heavy atom. The fourth-order valence-corrected chi connectivity index (χ4v) is 3.95. The molecule has 8 nitrogen and oxygen atoms in total. The lowest BCUT2D eigenvalue weighted by atomic mass is 10.1. The van der Waals surface area contributed by atoms with Gasteiger partial charge >= 0.3 is 0 Å². The molecule has 0 aliphatic carbocycles. The van der Waals surface area contributed by atoms with Crippen molar-refractivity contribution in [3.05, 3.63) is 59.2 Å². The molecule has 4 rings (SSSR count). The number of hydrogen-bond acceptors (Lipinski definition) is 6. The van der Waals surface area contributed by atoms with Crippen molar-refractivity contribution in [3.8, 4) is 28.4 Å². The first-order valence-electron chi connectivity index (χ1n) is 10.8. The molecule has 1 N–H and O–H groups in total. The van der Waals surface area contributed by atoms with Crippen molar-refractivity contribution >= 4 is 17.5 Å². The van der Waals surface area contributed by atoms with Gasteiger partial charge in [0.1, 0.15) is 17.2 Å². The SMILES string of the molecule is COc1ccc(-c2cc(C(=O)NCCN3CCOCC3)n(-c3ccccc3Cl)n2)c(OC)c1. The van der Waals surface area contributed by atoms with Gasteiger partial charge in [-0.1, -0.05) is 23.7 Å². The van der Waals surface area contributed by atoms with Crippen LogP contribution in [0, 0.1) is 0 Å². The molecule has 0 spiro atoms. The molecule has 2 heterocycles. The van der Waals surface area contributed by atoms with Crippen molar-refractivity contribution in [2.45, 2.75) is 0 Å². The number of morpholine rings is 1. The van der Waals surface area contributed by atoms with Crippen molar-refractivity contribution in [3.63, 3.8) is 0 Å². The van der Waals surface area contributed by atoms with Gasteiger partial charge in [0.25, 0.3) is 5.91 Å². The summed E-state index contributed by atoms with van der Waals surface area (Å²) in [5, 5.41) is 8.23. The van der Waals surface area contributed by atoms with Crippen LogP contribution in [-0.2, 0) is 4.74 Å². The Morgan fingerprint density at radius 2 is 1.91 bits per heavy atom. The molecule has 9 heteroatoms. The van der Waals surface area contributed by atoms with Crippen LogP contribution in [0.2, 0.25) is 5.02 Å². The Bertz CT molecular complexity index is 1110. The molecule has 0 radical (unpaired) electrons. The van der Waals surface area contributed by atoms with Crippen LogP contribution in [0.15, 0.2) is 48.5 Å². The number of methoxy groups -OCH3 is 2. The van der Waals surface area contributed by atoms with E-state index in [2.05, 4.69) is 10.2 Å². The molecule has 1 aliphatic heterocycles. The molecular weight excluding hydrogens is 444 g/mol. The Balaban J connectivity index is 1.64. The van der Waals surface area contributed by atoms with Crippen molar-refractivity contribution in [1.82, 2.24) is 20.0 Å². The van der Waals surface area contributed by atoms with Crippen LogP contribution in [0.5, 0.6) is 11.5 Å². The Morgan fingerprint density at radius 1 is 1.12 bits per heavy atom. The fourth-order valence-electron chi connectivity index (χ4n) is 3.73. The van der Waals surface area contributed by atoms with E-state index in [4.69, 9.17) is 30.9 Å². The minimum Gasteiger partial charge on any atom is -0.497 e. The first kappa shape index (κ1) is 23.1. The van der Waals surface area contributed by atoms with E-state index >= 15 is 0 Å². The van der Waals surface area contributed by atoms with Gasteiger partial charge in [0.15, 0.2) is 0 Å². The molecule has 1 aliphatic rings. The molecule has 0 saturated carbocycles. The van der Waals surface area contributed by atoms with E-state index in [0.717, 1.165) is 38.4 Å². The number of aromatic nitrogens is 2. The summed E-state index contributed by atoms with van der Waals surface area (Å²) in [6.45, 7) is 4.46. The highest BCUT2D eigenvalue weighted by Crippen LogP contribution is 2.34. The third-order valence-electron chi connectivity index (χ3n) is 5.52. The summed E-state index contributed by atoms with van der Waals surface area (Å²) in [7, 11) is 3.18. The monoisotopic (exact) mass is 470 g/mol. The van der Waals surface area contributed by atoms with Gasteiger partial charge in [-0.25, -0.2) is 4.68 Å². The number of para-hydroxylation sites is 1. The first-order valence-corrected chi connectivity index (χ1v) is 11.1. The third kappa shape index (κ3) is 5.30. The average Bonchev–Trinajstić information content (AvgIpc) is 3.29. The molecule has 1 fully saturated rings. The van der Waals surface area contributed by atoms with Gasteiger partial charge in [0, 0.05) is 37.8 Å². The number of hydrogen-bond donors (Lipinski definition) is 1. The standard InChI is InChI=1S/C24H27ClN4O4/c1-31-17-7-8-18(23(15-17)32-2)20-16-22(29(27-20)21-6-4-3-5-19(21)25)24(30)26-9-10-28-11-13-33-14-12-28/h3-8,15-16H,9-14H2,1-2H3,(H,26,30). The van der Waals surface area contributed by atoms with Gasteiger partial charge in [0.2, 0.25) is 0 Å². The lowest BCUT2D eigenvalue weighted by Crippen LogP contribution is -2.41. The van der Waals surface area contributed by atoms with Crippen LogP contribution in [-0.4, -0.2) is 74.2 Å². The second kappa shape index (κ2) is 10.7. The highest BCUT2D eigenvalue weighted by molar-refractivity contribution is 6.32. The normalized spacial score (nSPS) is 14.2. The highest BCUT2D eigenvalue weighted by Gasteiger charge is 2.21. The number of halogens is 1. The van der Waals surface area contributed by atoms with Gasteiger partial charge in [-0.2, -0.15) is 5.10 Å². The van der Waals surface area contributed by atoms with Crippen molar-refractivity contribution in [2.75, 3.05) is 53.6 Å². The van der Waals surface area contributed by atoms with Crippen LogP contribution in [0.3, 0.4) is 0 Å². The average molecular weight is 471 g/mol. The van der Waals surface area contributed by atoms with E-state index in [1.54, 1.807) is 37.1 Å². The van der Waals surface area contributed by atoms with E-state index in [9.17, 15) is 4.79 Å². The highest BCUT2D eigenvalue weighted by atomic mass is 35.5. The number of benzene rings is 2. The third-order valence-corrected chi connectivity index (χ3v) is 5.84. The minimum atomic E-state index is -0.227. The fraction of sp³-hybridized carbons (Fsp3) is 0.333. The number of rotatable bonds is 8. The van der Waals surface area contributed by atoms with E-state index in [1.165, 1.54) is 0 Å². The summed E-state index contributed by atoms with van der Waals surface area (Å²) in [6.07, 6.45) is 0. The van der Waals surface area contributed by atoms with Crippen LogP contribution >= 0.6 is 11.6 Å². The zero-order valence-electron chi connectivity index (χ0n) is 18.7. The first-order chi connectivity index (χ1) is 16.1. The van der Waals surface area contributed by atoms with E-state index in [-0.39, 0.29) is 5.91 Å². The quantitative estimate of drug-likeness (QED) is 0.544. The Kier molecular flexibility index (Phi) is 7.49. The van der Waals surface area contributed by atoms with Gasteiger partial charge < -0.3 is 19.5 Å². The summed E-state index contributed by atoms with van der Waals surface area (Å²) in [4.78, 5) is 15.4. The Hall–Kier alpha value is -3.07. The number of ether oxygens (including phenoxy) is 3. The van der Waals surface area contributed by atoms with Crippen LogP contribution in [0.4, 0.5) is 0 Å². The van der Waals surface area contributed by atoms with E-state index < -0.39 is 0 Å². The van der Waals surface area contributed by atoms with Crippen LogP contribution in [0.25, 0.3) is 16.9 Å². The minimum absolute atomic E-state index is 0.227. The summed E-state index contributed by atoms with van der Waals surface area (Å²) >= 11 is 6.44. The van der Waals surface area contributed by atoms with E-state index in [1.807, 2.05) is 30.3 Å². The molecule has 0 unspecified atom stereocenters. The maximum absolute atomic E-state index is 13.2. The van der Waals surface area contributed by atoms with Gasteiger partial charge in [-0.3, -0.25) is 9.69 Å². The molecule has 1 amide bonds. The molecule has 1 saturated heterocycles. The number of carbonyl (C=O) groups is 1. The predicted molar refractivity (Wildman–Crippen MR) is 127 cm³/mol. The number of amides is 1. The smallest absolute Gasteiger partial charge is 0.270 e. The van der Waals surface area contributed by atoms with Crippen molar-refractivity contribution < 1.29 is 19.0 Å². The van der Waals surface area contributed by atoms with Crippen molar-refractivity contribution in [2.24, 2.45) is 0 Å². The van der Waals surface area contributed by atoms with E-state index in [0.29, 0.717) is 40.1 Å². The lowest BCUT2D eigenvalue weighted by molar-refractivity contribution is 0.0383. The zero-order valence-corrected chi connectivity index (χ0v) is 19.5. The largest absolute Gasteiger partial charge is 0.497 e. The summed E-state index contributed by atoms with van der Waals surface area (Å²) in [5.41, 5.74) is 2.34. The zero-order chi connectivity index (χ0) is 23.2. The van der Waals surface area contributed by atoms with Crippen molar-refractivity contribution in [1.29, 1.82) is 0 Å². The second-order valence-electron chi connectivity index (χ2n) is 7.55. The molecule has 0 bridgehead atoms. The molecule has 2 aromatic carbocycles. The Labute approximate surface area is 198 Å². The maximum Gasteiger partial charge on any atom is 0.270 e. The van der Waals surface area contributed by atoms with Crippen LogP contribution < -0.4 is 14.8 Å². The number of nitrogens with one attached hydrogen (secondary N) is 1. The molecule has 174 valence electrons. The summed E-state index contributed by atoms with van der Waals surface area (Å²) in [6, 6.07) is 14.5. The van der Waals surface area contributed by atoms with Gasteiger partial charge in [0.05, 0.1) is 43.8 Å². The molecule has 1 aromatic heterocycles. The topological polar surface area (TPSA) is 77.9 Å². The predicted octanol–water partition coefficient (Wildman–Crippen LogP) is 3.27. The molecular formula is C24H27ClN4O4. The van der Waals surface area contributed by atoms with Gasteiger partial charge in [-0.15, -0.1) is 0 Å². The summed E-state index contributed by atoms with van der Waals surface area (Å²) in [5.74, 6) is 1.04.